The maximum absolute atomic E-state index is 12.6. The maximum atomic E-state index is 12.6. The van der Waals surface area contributed by atoms with E-state index in [1.54, 1.807) is 0 Å². The van der Waals surface area contributed by atoms with Crippen molar-refractivity contribution in [3.8, 4) is 0 Å². The van der Waals surface area contributed by atoms with Crippen LogP contribution in [0.4, 0.5) is 0 Å². The van der Waals surface area contributed by atoms with Gasteiger partial charge >= 0.3 is 35.8 Å². The van der Waals surface area contributed by atoms with Gasteiger partial charge in [-0.15, -0.1) is 0 Å². The zero-order chi connectivity index (χ0) is 24.2. The van der Waals surface area contributed by atoms with Gasteiger partial charge in [0, 0.05) is 0 Å². The minimum absolute atomic E-state index is 0.109. The van der Waals surface area contributed by atoms with Gasteiger partial charge < -0.3 is 34.3 Å². The molecule has 0 aliphatic rings. The average Bonchev–Trinajstić information content (AvgIpc) is 2.60. The Hall–Kier alpha value is -3.22. The largest absolute Gasteiger partial charge is 0.481 e. The Morgan fingerprint density at radius 1 is 0.677 bits per heavy atom. The molecule has 0 heterocycles. The number of ether oxygens (including phenoxy) is 4. The Labute approximate surface area is 177 Å². The second-order valence-corrected chi connectivity index (χ2v) is 6.24. The summed E-state index contributed by atoms with van der Waals surface area (Å²) in [7, 11) is 0. The molecule has 0 saturated carbocycles. The van der Waals surface area contributed by atoms with E-state index in [0.29, 0.717) is 0 Å². The second kappa shape index (κ2) is 12.5. The van der Waals surface area contributed by atoms with Crippen LogP contribution in [0, 0.1) is 0 Å². The van der Waals surface area contributed by atoms with Crippen molar-refractivity contribution in [1.29, 1.82) is 0 Å². The van der Waals surface area contributed by atoms with Crippen molar-refractivity contribution in [2.24, 2.45) is 0 Å². The van der Waals surface area contributed by atoms with Gasteiger partial charge in [-0.25, -0.2) is 9.59 Å². The lowest BCUT2D eigenvalue weighted by Gasteiger charge is -2.30. The van der Waals surface area contributed by atoms with Gasteiger partial charge in [0.25, 0.3) is 0 Å². The van der Waals surface area contributed by atoms with E-state index in [9.17, 15) is 33.9 Å². The highest BCUT2D eigenvalue weighted by molar-refractivity contribution is 5.94. The number of carboxylic acid groups (broad SMARTS) is 2. The van der Waals surface area contributed by atoms with Crippen molar-refractivity contribution < 1.29 is 63.0 Å². The highest BCUT2D eigenvalue weighted by Gasteiger charge is 2.51. The van der Waals surface area contributed by atoms with E-state index in [0.717, 1.165) is 0 Å². The Morgan fingerprint density at radius 3 is 1.48 bits per heavy atom. The van der Waals surface area contributed by atoms with Crippen LogP contribution in [-0.4, -0.2) is 82.2 Å². The Kier molecular flexibility index (Phi) is 11.2. The number of hydrogen-bond donors (Lipinski definition) is 3. The molecule has 0 aromatic carbocycles. The van der Waals surface area contributed by atoms with Crippen LogP contribution in [0.25, 0.3) is 0 Å². The first kappa shape index (κ1) is 27.8. The Balaban J connectivity index is 6.06. The molecule has 0 aromatic heterocycles. The van der Waals surface area contributed by atoms with E-state index in [2.05, 4.69) is 0 Å². The highest BCUT2D eigenvalue weighted by atomic mass is 16.6. The third-order valence-corrected chi connectivity index (χ3v) is 3.71. The first-order valence-corrected chi connectivity index (χ1v) is 9.23. The Bertz CT molecular complexity index is 679. The molecule has 0 rings (SSSR count). The summed E-state index contributed by atoms with van der Waals surface area (Å²) in [5, 5.41) is 27.9. The first-order chi connectivity index (χ1) is 14.4. The number of carboxylic acids is 2. The molecule has 13 nitrogen and oxygen atoms in total. The summed E-state index contributed by atoms with van der Waals surface area (Å²) in [4.78, 5) is 71.1. The van der Waals surface area contributed by atoms with Gasteiger partial charge in [-0.1, -0.05) is 0 Å². The summed E-state index contributed by atoms with van der Waals surface area (Å²) in [6.07, 6.45) is -4.72. The van der Waals surface area contributed by atoms with Crippen molar-refractivity contribution in [3.63, 3.8) is 0 Å². The van der Waals surface area contributed by atoms with Crippen LogP contribution in [0.2, 0.25) is 0 Å². The van der Waals surface area contributed by atoms with E-state index in [1.807, 2.05) is 0 Å². The molecular formula is C18H26O13. The van der Waals surface area contributed by atoms with Crippen LogP contribution in [0.3, 0.4) is 0 Å². The monoisotopic (exact) mass is 450 g/mol. The molecule has 0 radical (unpaired) electrons. The van der Waals surface area contributed by atoms with Crippen LogP contribution in [0.5, 0.6) is 0 Å². The number of aliphatic carboxylic acids is 2. The van der Waals surface area contributed by atoms with Crippen LogP contribution >= 0.6 is 0 Å². The van der Waals surface area contributed by atoms with Crippen molar-refractivity contribution in [3.05, 3.63) is 0 Å². The van der Waals surface area contributed by atoms with Crippen LogP contribution < -0.4 is 0 Å². The summed E-state index contributed by atoms with van der Waals surface area (Å²) >= 11 is 0. The van der Waals surface area contributed by atoms with Gasteiger partial charge in [0.15, 0.2) is 5.60 Å². The SMILES string of the molecule is CCOC(=O)CC(CC(=O)OCC)(OC(=O)CC(O)(CC(=O)O)C(=O)O)C(=O)OCC. The molecule has 3 N–H and O–H groups in total. The van der Waals surface area contributed by atoms with Crippen molar-refractivity contribution in [2.75, 3.05) is 19.8 Å². The standard InChI is InChI=1S/C18H26O13/c1-4-28-12(21)9-18(16(26)30-6-3,10-13(22)29-5-2)31-14(23)8-17(27,15(24)25)7-11(19)20/h27H,4-10H2,1-3H3,(H,19,20)(H,24,25). The fourth-order valence-electron chi connectivity index (χ4n) is 2.43. The van der Waals surface area contributed by atoms with Gasteiger partial charge in [-0.2, -0.15) is 0 Å². The third kappa shape index (κ3) is 8.99. The summed E-state index contributed by atoms with van der Waals surface area (Å²) in [5.74, 6) is -8.76. The molecule has 0 aliphatic heterocycles. The van der Waals surface area contributed by atoms with Crippen molar-refractivity contribution >= 4 is 35.8 Å². The molecule has 0 spiro atoms. The number of rotatable bonds is 14. The number of carbonyl (C=O) groups excluding carboxylic acids is 4. The lowest BCUT2D eigenvalue weighted by molar-refractivity contribution is -0.195. The molecule has 31 heavy (non-hydrogen) atoms. The number of hydrogen-bond acceptors (Lipinski definition) is 11. The normalized spacial score (nSPS) is 12.8. The second-order valence-electron chi connectivity index (χ2n) is 6.24. The van der Waals surface area contributed by atoms with Crippen LogP contribution in [0.15, 0.2) is 0 Å². The Morgan fingerprint density at radius 2 is 1.13 bits per heavy atom. The molecule has 1 atom stereocenters. The zero-order valence-corrected chi connectivity index (χ0v) is 17.4. The predicted octanol–water partition coefficient (Wildman–Crippen LogP) is -0.582. The van der Waals surface area contributed by atoms with E-state index in [4.69, 9.17) is 29.2 Å². The van der Waals surface area contributed by atoms with Crippen LogP contribution in [0.1, 0.15) is 46.5 Å². The van der Waals surface area contributed by atoms with Crippen LogP contribution in [-0.2, 0) is 47.7 Å². The summed E-state index contributed by atoms with van der Waals surface area (Å²) in [5.41, 5.74) is -5.66. The van der Waals surface area contributed by atoms with Crippen molar-refractivity contribution in [2.45, 2.75) is 57.7 Å². The van der Waals surface area contributed by atoms with Crippen molar-refractivity contribution in [1.82, 2.24) is 0 Å². The summed E-state index contributed by atoms with van der Waals surface area (Å²) < 4.78 is 19.2. The summed E-state index contributed by atoms with van der Waals surface area (Å²) in [6.45, 7) is 3.86. The zero-order valence-electron chi connectivity index (χ0n) is 17.4. The fraction of sp³-hybridized carbons (Fsp3) is 0.667. The maximum Gasteiger partial charge on any atom is 0.351 e. The van der Waals surface area contributed by atoms with Gasteiger partial charge in [0.05, 0.1) is 45.5 Å². The molecule has 0 bridgehead atoms. The van der Waals surface area contributed by atoms with E-state index < -0.39 is 72.7 Å². The summed E-state index contributed by atoms with van der Waals surface area (Å²) in [6, 6.07) is 0. The molecule has 176 valence electrons. The average molecular weight is 450 g/mol. The van der Waals surface area contributed by atoms with Gasteiger partial charge in [0.2, 0.25) is 5.60 Å². The number of aliphatic hydroxyl groups is 1. The lowest BCUT2D eigenvalue weighted by Crippen LogP contribution is -2.50. The van der Waals surface area contributed by atoms with E-state index in [1.165, 1.54) is 20.8 Å². The number of carbonyl (C=O) groups is 6. The number of esters is 4. The smallest absolute Gasteiger partial charge is 0.351 e. The molecular weight excluding hydrogens is 424 g/mol. The fourth-order valence-corrected chi connectivity index (χ4v) is 2.43. The molecule has 0 saturated heterocycles. The molecule has 0 aromatic rings. The molecule has 0 amide bonds. The topological polar surface area (TPSA) is 200 Å². The molecule has 0 aliphatic carbocycles. The third-order valence-electron chi connectivity index (χ3n) is 3.71. The van der Waals surface area contributed by atoms with Gasteiger partial charge in [-0.05, 0) is 20.8 Å². The first-order valence-electron chi connectivity index (χ1n) is 9.23. The molecule has 0 fully saturated rings. The minimum atomic E-state index is -3.07. The van der Waals surface area contributed by atoms with E-state index >= 15 is 0 Å². The predicted molar refractivity (Wildman–Crippen MR) is 97.4 cm³/mol. The lowest BCUT2D eigenvalue weighted by atomic mass is 9.93. The van der Waals surface area contributed by atoms with Gasteiger partial charge in [0.1, 0.15) is 0 Å². The highest BCUT2D eigenvalue weighted by Crippen LogP contribution is 2.28. The molecule has 13 heteroatoms. The minimum Gasteiger partial charge on any atom is -0.481 e. The quantitative estimate of drug-likeness (QED) is 0.224. The van der Waals surface area contributed by atoms with E-state index in [-0.39, 0.29) is 19.8 Å². The van der Waals surface area contributed by atoms with Gasteiger partial charge in [-0.3, -0.25) is 19.2 Å². The molecule has 1 unspecified atom stereocenters.